The molecule has 1 spiro atoms. The van der Waals surface area contributed by atoms with Crippen LogP contribution in [-0.2, 0) is 10.4 Å². The molecule has 1 N–H and O–H groups in total. The average Bonchev–Trinajstić information content (AvgIpc) is 3.03. The van der Waals surface area contributed by atoms with Gasteiger partial charge in [0.15, 0.2) is 11.4 Å². The van der Waals surface area contributed by atoms with Crippen LogP contribution in [0.1, 0.15) is 43.2 Å². The summed E-state index contributed by atoms with van der Waals surface area (Å²) in [7, 11) is 0. The second-order valence-corrected chi connectivity index (χ2v) is 7.98. The van der Waals surface area contributed by atoms with Gasteiger partial charge in [0.2, 0.25) is 5.72 Å². The number of aliphatic hydroxyl groups is 1. The SMILES string of the molecule is OC12CCCCCC13ON=C(c1c(Cl)cccc1Cl)N3c1ccccc12. The summed E-state index contributed by atoms with van der Waals surface area (Å²) in [5, 5.41) is 17.2. The Balaban J connectivity index is 1.76. The molecule has 0 aromatic heterocycles. The zero-order chi connectivity index (χ0) is 17.9. The molecule has 0 saturated heterocycles. The van der Waals surface area contributed by atoms with Crippen molar-refractivity contribution >= 4 is 34.7 Å². The van der Waals surface area contributed by atoms with Crippen molar-refractivity contribution in [2.45, 2.75) is 43.4 Å². The topological polar surface area (TPSA) is 45.1 Å². The average molecular weight is 389 g/mol. The second-order valence-electron chi connectivity index (χ2n) is 7.16. The lowest BCUT2D eigenvalue weighted by atomic mass is 9.82. The third-order valence-electron chi connectivity index (χ3n) is 5.83. The molecule has 2 heterocycles. The summed E-state index contributed by atoms with van der Waals surface area (Å²) in [4.78, 5) is 8.07. The van der Waals surface area contributed by atoms with Crippen LogP contribution in [0.2, 0.25) is 10.0 Å². The van der Waals surface area contributed by atoms with E-state index in [4.69, 9.17) is 28.0 Å². The van der Waals surface area contributed by atoms with E-state index in [1.54, 1.807) is 18.2 Å². The van der Waals surface area contributed by atoms with Crippen molar-refractivity contribution < 1.29 is 9.94 Å². The van der Waals surface area contributed by atoms with Crippen LogP contribution >= 0.6 is 23.2 Å². The Morgan fingerprint density at radius 3 is 2.50 bits per heavy atom. The van der Waals surface area contributed by atoms with Gasteiger partial charge in [-0.1, -0.05) is 59.0 Å². The van der Waals surface area contributed by atoms with Crippen molar-refractivity contribution in [2.75, 3.05) is 4.90 Å². The fourth-order valence-corrected chi connectivity index (χ4v) is 5.22. The standard InChI is InChI=1S/C20H18Cl2N2O2/c21-14-8-6-9-15(22)17(14)18-23-26-20-12-5-1-4-11-19(20,25)13-7-2-3-10-16(13)24(18)20/h2-3,6-10,25H,1,4-5,11-12H2. The number of hydrogen-bond acceptors (Lipinski definition) is 4. The molecule has 134 valence electrons. The fourth-order valence-electron chi connectivity index (χ4n) is 4.65. The summed E-state index contributed by atoms with van der Waals surface area (Å²) < 4.78 is 0. The van der Waals surface area contributed by atoms with E-state index in [1.165, 1.54) is 0 Å². The van der Waals surface area contributed by atoms with Gasteiger partial charge in [0.1, 0.15) is 0 Å². The van der Waals surface area contributed by atoms with Gasteiger partial charge in [-0.2, -0.15) is 0 Å². The summed E-state index contributed by atoms with van der Waals surface area (Å²) in [6.07, 6.45) is 4.30. The molecule has 1 aliphatic carbocycles. The molecule has 0 amide bonds. The van der Waals surface area contributed by atoms with Gasteiger partial charge in [-0.25, -0.2) is 0 Å². The maximum Gasteiger partial charge on any atom is 0.248 e. The Kier molecular flexibility index (Phi) is 3.55. The zero-order valence-corrected chi connectivity index (χ0v) is 15.6. The highest BCUT2D eigenvalue weighted by Crippen LogP contribution is 2.59. The molecule has 1 fully saturated rings. The summed E-state index contributed by atoms with van der Waals surface area (Å²) >= 11 is 12.9. The van der Waals surface area contributed by atoms with E-state index in [1.807, 2.05) is 29.2 Å². The number of benzene rings is 2. The van der Waals surface area contributed by atoms with Crippen molar-refractivity contribution in [3.05, 3.63) is 63.6 Å². The maximum atomic E-state index is 11.8. The summed E-state index contributed by atoms with van der Waals surface area (Å²) in [5.74, 6) is 0.561. The van der Waals surface area contributed by atoms with E-state index in [2.05, 4.69) is 5.16 Å². The lowest BCUT2D eigenvalue weighted by molar-refractivity contribution is -0.170. The number of nitrogens with zero attached hydrogens (tertiary/aromatic N) is 2. The van der Waals surface area contributed by atoms with Crippen LogP contribution in [0.4, 0.5) is 5.69 Å². The lowest BCUT2D eigenvalue weighted by Crippen LogP contribution is -2.57. The van der Waals surface area contributed by atoms with E-state index in [0.29, 0.717) is 34.3 Å². The first-order chi connectivity index (χ1) is 12.6. The second kappa shape index (κ2) is 5.62. The van der Waals surface area contributed by atoms with Gasteiger partial charge in [-0.3, -0.25) is 4.90 Å². The van der Waals surface area contributed by atoms with Crippen molar-refractivity contribution in [2.24, 2.45) is 5.16 Å². The normalized spacial score (nSPS) is 29.3. The van der Waals surface area contributed by atoms with Crippen LogP contribution in [0.5, 0.6) is 0 Å². The Bertz CT molecular complexity index is 912. The number of para-hydroxylation sites is 1. The Morgan fingerprint density at radius 1 is 0.962 bits per heavy atom. The van der Waals surface area contributed by atoms with Gasteiger partial charge in [-0.05, 0) is 37.5 Å². The Hall–Kier alpha value is -1.75. The minimum atomic E-state index is -1.11. The molecule has 2 aliphatic heterocycles. The molecular formula is C20H18Cl2N2O2. The van der Waals surface area contributed by atoms with Crippen molar-refractivity contribution in [3.8, 4) is 0 Å². The number of rotatable bonds is 1. The van der Waals surface area contributed by atoms with E-state index >= 15 is 0 Å². The van der Waals surface area contributed by atoms with Crippen LogP contribution in [0.3, 0.4) is 0 Å². The largest absolute Gasteiger partial charge is 0.379 e. The van der Waals surface area contributed by atoms with Crippen LogP contribution < -0.4 is 4.90 Å². The number of oxime groups is 1. The maximum absolute atomic E-state index is 11.8. The number of halogens is 2. The highest BCUT2D eigenvalue weighted by molar-refractivity contribution is 6.41. The van der Waals surface area contributed by atoms with Crippen LogP contribution in [-0.4, -0.2) is 16.7 Å². The third kappa shape index (κ3) is 1.92. The molecule has 2 atom stereocenters. The van der Waals surface area contributed by atoms with Gasteiger partial charge in [0.05, 0.1) is 21.3 Å². The highest BCUT2D eigenvalue weighted by atomic mass is 35.5. The molecule has 4 nitrogen and oxygen atoms in total. The summed E-state index contributed by atoms with van der Waals surface area (Å²) in [6, 6.07) is 13.3. The number of fused-ring (bicyclic) bond motifs is 3. The number of anilines is 1. The summed E-state index contributed by atoms with van der Waals surface area (Å²) in [6.45, 7) is 0. The molecule has 2 aromatic carbocycles. The van der Waals surface area contributed by atoms with Crippen LogP contribution in [0.25, 0.3) is 0 Å². The molecule has 1 saturated carbocycles. The van der Waals surface area contributed by atoms with Crippen molar-refractivity contribution in [3.63, 3.8) is 0 Å². The third-order valence-corrected chi connectivity index (χ3v) is 6.46. The molecule has 3 aliphatic rings. The van der Waals surface area contributed by atoms with E-state index in [9.17, 15) is 5.11 Å². The monoisotopic (exact) mass is 388 g/mol. The number of amidine groups is 1. The van der Waals surface area contributed by atoms with Crippen LogP contribution in [0, 0.1) is 0 Å². The first-order valence-electron chi connectivity index (χ1n) is 8.91. The highest BCUT2D eigenvalue weighted by Gasteiger charge is 2.68. The molecule has 5 rings (SSSR count). The van der Waals surface area contributed by atoms with Gasteiger partial charge < -0.3 is 9.94 Å². The quantitative estimate of drug-likeness (QED) is 0.742. The zero-order valence-electron chi connectivity index (χ0n) is 14.1. The first kappa shape index (κ1) is 16.4. The fraction of sp³-hybridized carbons (Fsp3) is 0.350. The van der Waals surface area contributed by atoms with Gasteiger partial charge in [0, 0.05) is 12.0 Å². The first-order valence-corrected chi connectivity index (χ1v) is 9.67. The van der Waals surface area contributed by atoms with Crippen LogP contribution in [0.15, 0.2) is 47.6 Å². The summed E-state index contributed by atoms with van der Waals surface area (Å²) in [5.41, 5.74) is 0.377. The predicted octanol–water partition coefficient (Wildman–Crippen LogP) is 5.05. The molecular weight excluding hydrogens is 371 g/mol. The Labute approximate surface area is 162 Å². The van der Waals surface area contributed by atoms with Crippen molar-refractivity contribution in [1.29, 1.82) is 0 Å². The molecule has 2 unspecified atom stereocenters. The van der Waals surface area contributed by atoms with E-state index in [-0.39, 0.29) is 0 Å². The molecule has 6 heteroatoms. The smallest absolute Gasteiger partial charge is 0.248 e. The van der Waals surface area contributed by atoms with E-state index in [0.717, 1.165) is 30.5 Å². The van der Waals surface area contributed by atoms with E-state index < -0.39 is 11.3 Å². The molecule has 2 aromatic rings. The van der Waals surface area contributed by atoms with Gasteiger partial charge in [0.25, 0.3) is 0 Å². The lowest BCUT2D eigenvalue weighted by Gasteiger charge is -2.40. The minimum absolute atomic E-state index is 0.512. The van der Waals surface area contributed by atoms with Gasteiger partial charge in [-0.15, -0.1) is 0 Å². The minimum Gasteiger partial charge on any atom is -0.379 e. The molecule has 0 bridgehead atoms. The predicted molar refractivity (Wildman–Crippen MR) is 103 cm³/mol. The number of hydrogen-bond donors (Lipinski definition) is 1. The van der Waals surface area contributed by atoms with Gasteiger partial charge >= 0.3 is 0 Å². The van der Waals surface area contributed by atoms with Crippen molar-refractivity contribution in [1.82, 2.24) is 0 Å². The Morgan fingerprint density at radius 2 is 1.69 bits per heavy atom. The molecule has 0 radical (unpaired) electrons. The molecule has 26 heavy (non-hydrogen) atoms.